The maximum Gasteiger partial charge on any atom is 0.312 e. The van der Waals surface area contributed by atoms with Crippen LogP contribution >= 0.6 is 15.9 Å². The Kier molecular flexibility index (Phi) is 4.42. The lowest BCUT2D eigenvalue weighted by Crippen LogP contribution is -2.44. The van der Waals surface area contributed by atoms with E-state index in [0.717, 1.165) is 29.5 Å². The van der Waals surface area contributed by atoms with Gasteiger partial charge in [0, 0.05) is 17.6 Å². The normalized spacial score (nSPS) is 15.5. The van der Waals surface area contributed by atoms with E-state index < -0.39 is 6.03 Å². The van der Waals surface area contributed by atoms with E-state index in [4.69, 9.17) is 5.73 Å². The molecule has 3 N–H and O–H groups in total. The minimum atomic E-state index is -0.624. The van der Waals surface area contributed by atoms with Gasteiger partial charge in [0.15, 0.2) is 0 Å². The third-order valence-electron chi connectivity index (χ3n) is 3.16. The van der Waals surface area contributed by atoms with E-state index in [2.05, 4.69) is 21.2 Å². The van der Waals surface area contributed by atoms with Gasteiger partial charge < -0.3 is 16.0 Å². The molecule has 1 saturated heterocycles. The number of amides is 3. The summed E-state index contributed by atoms with van der Waals surface area (Å²) in [5.41, 5.74) is 6.04. The van der Waals surface area contributed by atoms with Crippen LogP contribution in [0.5, 0.6) is 0 Å². The monoisotopic (exact) mass is 325 g/mol. The molecule has 2 rings (SSSR count). The Labute approximate surface area is 120 Å². The van der Waals surface area contributed by atoms with Gasteiger partial charge in [0.05, 0.1) is 12.5 Å². The van der Waals surface area contributed by atoms with Crippen LogP contribution in [0.15, 0.2) is 28.7 Å². The summed E-state index contributed by atoms with van der Waals surface area (Å²) in [6.45, 7) is 1.61. The Hall–Kier alpha value is -1.56. The molecule has 1 atom stereocenters. The predicted octanol–water partition coefficient (Wildman–Crippen LogP) is 1.78. The highest BCUT2D eigenvalue weighted by atomic mass is 79.9. The zero-order valence-electron chi connectivity index (χ0n) is 10.4. The highest BCUT2D eigenvalue weighted by Crippen LogP contribution is 2.22. The molecule has 0 radical (unpaired) electrons. The molecule has 102 valence electrons. The lowest BCUT2D eigenvalue weighted by molar-refractivity contribution is -0.135. The third-order valence-corrected chi connectivity index (χ3v) is 3.65. The summed E-state index contributed by atoms with van der Waals surface area (Å²) in [7, 11) is 0. The maximum atomic E-state index is 12.0. The number of likely N-dealkylation sites (tertiary alicyclic amines) is 1. The number of hydrogen-bond acceptors (Lipinski definition) is 2. The van der Waals surface area contributed by atoms with E-state index in [-0.39, 0.29) is 18.4 Å². The number of nitrogens with two attached hydrogens (primary N) is 1. The van der Waals surface area contributed by atoms with Gasteiger partial charge in [-0.05, 0) is 24.1 Å². The fourth-order valence-electron chi connectivity index (χ4n) is 2.02. The van der Waals surface area contributed by atoms with Gasteiger partial charge in [0.2, 0.25) is 5.91 Å². The highest BCUT2D eigenvalue weighted by molar-refractivity contribution is 9.10. The number of carbonyl (C=O) groups excluding carboxylic acids is 2. The van der Waals surface area contributed by atoms with E-state index in [9.17, 15) is 9.59 Å². The van der Waals surface area contributed by atoms with Gasteiger partial charge in [-0.15, -0.1) is 0 Å². The van der Waals surface area contributed by atoms with Crippen LogP contribution in [0.3, 0.4) is 0 Å². The average Bonchev–Trinajstić information content (AvgIpc) is 2.25. The van der Waals surface area contributed by atoms with Crippen molar-refractivity contribution >= 4 is 27.9 Å². The Morgan fingerprint density at radius 1 is 1.42 bits per heavy atom. The second-order valence-electron chi connectivity index (χ2n) is 4.55. The van der Waals surface area contributed by atoms with Crippen LogP contribution in [0.1, 0.15) is 24.4 Å². The molecule has 0 aliphatic carbocycles. The molecule has 0 aromatic heterocycles. The number of benzene rings is 1. The van der Waals surface area contributed by atoms with Crippen molar-refractivity contribution in [1.29, 1.82) is 0 Å². The summed E-state index contributed by atoms with van der Waals surface area (Å²) in [6.07, 6.45) is 1.29. The van der Waals surface area contributed by atoms with Crippen LogP contribution in [-0.2, 0) is 4.79 Å². The first kappa shape index (κ1) is 13.9. The van der Waals surface area contributed by atoms with Gasteiger partial charge in [-0.3, -0.25) is 4.79 Å². The van der Waals surface area contributed by atoms with Gasteiger partial charge in [-0.25, -0.2) is 4.79 Å². The summed E-state index contributed by atoms with van der Waals surface area (Å²) in [5.74, 6) is 0.0463. The molecule has 0 unspecified atom stereocenters. The van der Waals surface area contributed by atoms with E-state index in [1.165, 1.54) is 0 Å². The molecule has 1 aromatic rings. The van der Waals surface area contributed by atoms with Crippen molar-refractivity contribution in [2.24, 2.45) is 5.73 Å². The molecule has 1 heterocycles. The van der Waals surface area contributed by atoms with E-state index >= 15 is 0 Å². The summed E-state index contributed by atoms with van der Waals surface area (Å²) >= 11 is 3.38. The van der Waals surface area contributed by atoms with Gasteiger partial charge in [-0.1, -0.05) is 28.1 Å². The van der Waals surface area contributed by atoms with Crippen molar-refractivity contribution in [3.8, 4) is 0 Å². The van der Waals surface area contributed by atoms with Gasteiger partial charge >= 0.3 is 6.03 Å². The standard InChI is InChI=1S/C13H16BrN3O2/c14-10-4-1-3-9(7-10)11(16-13(15)19)8-12(18)17-5-2-6-17/h1,3-4,7,11H,2,5-6,8H2,(H3,15,16,19)/t11-/m0/s1. The van der Waals surface area contributed by atoms with Crippen LogP contribution < -0.4 is 11.1 Å². The number of urea groups is 1. The van der Waals surface area contributed by atoms with Gasteiger partial charge in [-0.2, -0.15) is 0 Å². The van der Waals surface area contributed by atoms with Crippen molar-refractivity contribution < 1.29 is 9.59 Å². The Balaban J connectivity index is 2.10. The summed E-state index contributed by atoms with van der Waals surface area (Å²) in [4.78, 5) is 24.9. The minimum absolute atomic E-state index is 0.0463. The predicted molar refractivity (Wildman–Crippen MR) is 75.4 cm³/mol. The quantitative estimate of drug-likeness (QED) is 0.885. The second-order valence-corrected chi connectivity index (χ2v) is 5.47. The maximum absolute atomic E-state index is 12.0. The number of carbonyl (C=O) groups is 2. The van der Waals surface area contributed by atoms with Crippen LogP contribution in [-0.4, -0.2) is 29.9 Å². The molecule has 1 fully saturated rings. The van der Waals surface area contributed by atoms with E-state index in [1.807, 2.05) is 24.3 Å². The molecule has 1 aromatic carbocycles. The fourth-order valence-corrected chi connectivity index (χ4v) is 2.43. The van der Waals surface area contributed by atoms with Crippen molar-refractivity contribution in [3.63, 3.8) is 0 Å². The highest BCUT2D eigenvalue weighted by Gasteiger charge is 2.24. The molecule has 0 saturated carbocycles. The summed E-state index contributed by atoms with van der Waals surface area (Å²) in [6, 6.07) is 6.49. The molecule has 5 nitrogen and oxygen atoms in total. The first-order chi connectivity index (χ1) is 9.06. The Bertz CT molecular complexity index is 489. The SMILES string of the molecule is NC(=O)N[C@@H](CC(=O)N1CCC1)c1cccc(Br)c1. The van der Waals surface area contributed by atoms with Gasteiger partial charge in [0.25, 0.3) is 0 Å². The topological polar surface area (TPSA) is 75.4 Å². The molecular formula is C13H16BrN3O2. The molecule has 3 amide bonds. The molecule has 0 bridgehead atoms. The zero-order chi connectivity index (χ0) is 13.8. The zero-order valence-corrected chi connectivity index (χ0v) is 12.0. The smallest absolute Gasteiger partial charge is 0.312 e. The molecule has 0 spiro atoms. The minimum Gasteiger partial charge on any atom is -0.352 e. The Morgan fingerprint density at radius 2 is 2.16 bits per heavy atom. The number of hydrogen-bond donors (Lipinski definition) is 2. The van der Waals surface area contributed by atoms with Crippen LogP contribution in [0.4, 0.5) is 4.79 Å². The largest absolute Gasteiger partial charge is 0.352 e. The van der Waals surface area contributed by atoms with Crippen LogP contribution in [0, 0.1) is 0 Å². The number of rotatable bonds is 4. The second kappa shape index (κ2) is 6.06. The number of nitrogens with one attached hydrogen (secondary N) is 1. The number of nitrogens with zero attached hydrogens (tertiary/aromatic N) is 1. The lowest BCUT2D eigenvalue weighted by atomic mass is 10.0. The van der Waals surface area contributed by atoms with Crippen molar-refractivity contribution in [1.82, 2.24) is 10.2 Å². The van der Waals surface area contributed by atoms with Gasteiger partial charge in [0.1, 0.15) is 0 Å². The average molecular weight is 326 g/mol. The van der Waals surface area contributed by atoms with E-state index in [0.29, 0.717) is 0 Å². The molecule has 6 heteroatoms. The number of primary amides is 1. The van der Waals surface area contributed by atoms with Crippen molar-refractivity contribution in [2.75, 3.05) is 13.1 Å². The third kappa shape index (κ3) is 3.70. The summed E-state index contributed by atoms with van der Waals surface area (Å²) in [5, 5.41) is 2.63. The van der Waals surface area contributed by atoms with Crippen LogP contribution in [0.25, 0.3) is 0 Å². The van der Waals surface area contributed by atoms with Crippen molar-refractivity contribution in [3.05, 3.63) is 34.3 Å². The molecular weight excluding hydrogens is 310 g/mol. The summed E-state index contributed by atoms with van der Waals surface area (Å²) < 4.78 is 0.901. The number of halogens is 1. The first-order valence-corrected chi connectivity index (χ1v) is 6.95. The fraction of sp³-hybridized carbons (Fsp3) is 0.385. The van der Waals surface area contributed by atoms with Crippen LogP contribution in [0.2, 0.25) is 0 Å². The molecule has 1 aliphatic rings. The molecule has 1 aliphatic heterocycles. The lowest BCUT2D eigenvalue weighted by Gasteiger charge is -2.32. The Morgan fingerprint density at radius 3 is 2.68 bits per heavy atom. The van der Waals surface area contributed by atoms with E-state index in [1.54, 1.807) is 4.90 Å². The first-order valence-electron chi connectivity index (χ1n) is 6.15. The van der Waals surface area contributed by atoms with Crippen molar-refractivity contribution in [2.45, 2.75) is 18.9 Å². The molecule has 19 heavy (non-hydrogen) atoms.